The fraction of sp³-hybridized carbons (Fsp3) is 0.800. The summed E-state index contributed by atoms with van der Waals surface area (Å²) in [4.78, 5) is 10.3. The number of carbonyl (C=O) groups excluding carboxylic acids is 1. The molecule has 9 heavy (non-hydrogen) atoms. The third kappa shape index (κ3) is 5.59. The van der Waals surface area contributed by atoms with Gasteiger partial charge in [0.1, 0.15) is 6.61 Å². The predicted octanol–water partition coefficient (Wildman–Crippen LogP) is 0.116. The van der Waals surface area contributed by atoms with Crippen molar-refractivity contribution in [3.63, 3.8) is 0 Å². The second kappa shape index (κ2) is 4.58. The van der Waals surface area contributed by atoms with Crippen LogP contribution in [0.4, 0.5) is 0 Å². The van der Waals surface area contributed by atoms with Crippen molar-refractivity contribution in [1.29, 1.82) is 0 Å². The van der Waals surface area contributed by atoms with Crippen molar-refractivity contribution in [3.8, 4) is 0 Å². The van der Waals surface area contributed by atoms with Gasteiger partial charge in [0, 0.05) is 0 Å². The van der Waals surface area contributed by atoms with Gasteiger partial charge in [-0.25, -0.2) is 0 Å². The maximum absolute atomic E-state index is 10.3. The van der Waals surface area contributed by atoms with Crippen LogP contribution in [-0.4, -0.2) is 24.5 Å². The van der Waals surface area contributed by atoms with Crippen LogP contribution in [0.25, 0.3) is 0 Å². The zero-order chi connectivity index (χ0) is 7.28. The predicted molar refractivity (Wildman–Crippen MR) is 35.3 cm³/mol. The van der Waals surface area contributed by atoms with E-state index in [0.29, 0.717) is 0 Å². The Morgan fingerprint density at radius 1 is 1.89 bits per heavy atom. The standard InChI is InChI=1S/C5H10ClNO2/c1-4(6)3-9-5(8)2-7/h4H,2-3,7H2,1H3. The third-order valence-corrected chi connectivity index (χ3v) is 0.767. The lowest BCUT2D eigenvalue weighted by Crippen LogP contribution is -2.19. The molecule has 0 aliphatic rings. The molecule has 0 amide bonds. The second-order valence-corrected chi connectivity index (χ2v) is 2.41. The van der Waals surface area contributed by atoms with Crippen LogP contribution in [0.1, 0.15) is 6.92 Å². The first-order chi connectivity index (χ1) is 4.16. The molecule has 1 unspecified atom stereocenters. The van der Waals surface area contributed by atoms with E-state index in [2.05, 4.69) is 4.74 Å². The van der Waals surface area contributed by atoms with Gasteiger partial charge in [-0.2, -0.15) is 0 Å². The molecule has 0 aliphatic carbocycles. The van der Waals surface area contributed by atoms with Crippen molar-refractivity contribution < 1.29 is 9.53 Å². The number of halogens is 1. The molecule has 0 spiro atoms. The molecule has 0 aliphatic heterocycles. The lowest BCUT2D eigenvalue weighted by atomic mass is 10.5. The number of nitrogens with two attached hydrogens (primary N) is 1. The summed E-state index contributed by atoms with van der Waals surface area (Å²) < 4.78 is 4.56. The van der Waals surface area contributed by atoms with Crippen LogP contribution in [0, 0.1) is 0 Å². The Bertz CT molecular complexity index is 95.0. The van der Waals surface area contributed by atoms with Crippen LogP contribution in [0.15, 0.2) is 0 Å². The van der Waals surface area contributed by atoms with Gasteiger partial charge in [-0.1, -0.05) is 0 Å². The van der Waals surface area contributed by atoms with Crippen molar-refractivity contribution in [2.75, 3.05) is 13.2 Å². The second-order valence-electron chi connectivity index (χ2n) is 1.67. The Balaban J connectivity index is 3.17. The minimum Gasteiger partial charge on any atom is -0.463 e. The summed E-state index contributed by atoms with van der Waals surface area (Å²) in [5.41, 5.74) is 4.94. The molecule has 0 rings (SSSR count). The average Bonchev–Trinajstić information content (AvgIpc) is 1.83. The van der Waals surface area contributed by atoms with Gasteiger partial charge in [-0.05, 0) is 6.92 Å². The van der Waals surface area contributed by atoms with Crippen LogP contribution < -0.4 is 5.73 Å². The van der Waals surface area contributed by atoms with Gasteiger partial charge in [0.05, 0.1) is 11.9 Å². The molecule has 3 nitrogen and oxygen atoms in total. The highest BCUT2D eigenvalue weighted by Gasteiger charge is 2.00. The highest BCUT2D eigenvalue weighted by atomic mass is 35.5. The topological polar surface area (TPSA) is 52.3 Å². The van der Waals surface area contributed by atoms with Gasteiger partial charge >= 0.3 is 5.97 Å². The van der Waals surface area contributed by atoms with Crippen molar-refractivity contribution in [2.24, 2.45) is 5.73 Å². The van der Waals surface area contributed by atoms with Crippen LogP contribution in [0.3, 0.4) is 0 Å². The summed E-state index contributed by atoms with van der Waals surface area (Å²) in [5, 5.41) is -0.138. The van der Waals surface area contributed by atoms with Crippen molar-refractivity contribution in [1.82, 2.24) is 0 Å². The van der Waals surface area contributed by atoms with E-state index in [1.165, 1.54) is 0 Å². The number of hydrogen-bond donors (Lipinski definition) is 1. The van der Waals surface area contributed by atoms with Crippen molar-refractivity contribution in [2.45, 2.75) is 12.3 Å². The van der Waals surface area contributed by atoms with E-state index in [0.717, 1.165) is 0 Å². The summed E-state index contributed by atoms with van der Waals surface area (Å²) >= 11 is 5.46. The molecule has 0 aromatic carbocycles. The summed E-state index contributed by atoms with van der Waals surface area (Å²) in [7, 11) is 0. The van der Waals surface area contributed by atoms with E-state index in [4.69, 9.17) is 17.3 Å². The molecule has 4 heteroatoms. The quantitative estimate of drug-likeness (QED) is 0.460. The number of rotatable bonds is 3. The Labute approximate surface area is 59.1 Å². The summed E-state index contributed by atoms with van der Waals surface area (Å²) in [6.07, 6.45) is 0. The van der Waals surface area contributed by atoms with Crippen LogP contribution in [0.5, 0.6) is 0 Å². The van der Waals surface area contributed by atoms with E-state index >= 15 is 0 Å². The zero-order valence-electron chi connectivity index (χ0n) is 5.26. The van der Waals surface area contributed by atoms with E-state index in [9.17, 15) is 4.79 Å². The van der Waals surface area contributed by atoms with Gasteiger partial charge in [0.2, 0.25) is 0 Å². The summed E-state index contributed by atoms with van der Waals surface area (Å²) in [5.74, 6) is -0.414. The number of carbonyl (C=O) groups is 1. The summed E-state index contributed by atoms with van der Waals surface area (Å²) in [6, 6.07) is 0. The van der Waals surface area contributed by atoms with Crippen molar-refractivity contribution >= 4 is 17.6 Å². The molecule has 0 radical (unpaired) electrons. The molecule has 2 N–H and O–H groups in total. The van der Waals surface area contributed by atoms with Crippen LogP contribution in [-0.2, 0) is 9.53 Å². The lowest BCUT2D eigenvalue weighted by molar-refractivity contribution is -0.141. The van der Waals surface area contributed by atoms with Gasteiger partial charge in [0.15, 0.2) is 0 Å². The average molecular weight is 152 g/mol. The Kier molecular flexibility index (Phi) is 4.44. The maximum Gasteiger partial charge on any atom is 0.319 e. The van der Waals surface area contributed by atoms with Gasteiger partial charge in [-0.3, -0.25) is 4.79 Å². The highest BCUT2D eigenvalue weighted by molar-refractivity contribution is 6.20. The van der Waals surface area contributed by atoms with E-state index in [1.807, 2.05) is 0 Å². The molecule has 0 heterocycles. The Morgan fingerprint density at radius 2 is 2.44 bits per heavy atom. The first kappa shape index (κ1) is 8.72. The SMILES string of the molecule is CC(Cl)COC(=O)CN. The van der Waals surface area contributed by atoms with Gasteiger partial charge in [-0.15, -0.1) is 11.6 Å². The zero-order valence-corrected chi connectivity index (χ0v) is 6.02. The van der Waals surface area contributed by atoms with E-state index < -0.39 is 5.97 Å². The smallest absolute Gasteiger partial charge is 0.319 e. The largest absolute Gasteiger partial charge is 0.463 e. The van der Waals surface area contributed by atoms with E-state index in [-0.39, 0.29) is 18.5 Å². The van der Waals surface area contributed by atoms with Gasteiger partial charge in [0.25, 0.3) is 0 Å². The molecule has 54 valence electrons. The fourth-order valence-corrected chi connectivity index (χ4v) is 0.330. The fourth-order valence-electron chi connectivity index (χ4n) is 0.267. The normalized spacial score (nSPS) is 12.8. The summed E-state index contributed by atoms with van der Waals surface area (Å²) in [6.45, 7) is 1.90. The van der Waals surface area contributed by atoms with Crippen molar-refractivity contribution in [3.05, 3.63) is 0 Å². The minimum atomic E-state index is -0.414. The molecular formula is C5H10ClNO2. The van der Waals surface area contributed by atoms with Crippen LogP contribution in [0.2, 0.25) is 0 Å². The first-order valence-electron chi connectivity index (χ1n) is 2.66. The Hall–Kier alpha value is -0.280. The number of hydrogen-bond acceptors (Lipinski definition) is 3. The molecule has 0 fully saturated rings. The molecule has 0 aromatic heterocycles. The minimum absolute atomic E-state index is 0.0798. The number of alkyl halides is 1. The molecule has 1 atom stereocenters. The van der Waals surface area contributed by atoms with E-state index in [1.54, 1.807) is 6.92 Å². The lowest BCUT2D eigenvalue weighted by Gasteiger charge is -2.02. The van der Waals surface area contributed by atoms with Gasteiger partial charge < -0.3 is 10.5 Å². The third-order valence-electron chi connectivity index (χ3n) is 0.641. The van der Waals surface area contributed by atoms with Crippen LogP contribution >= 0.6 is 11.6 Å². The molecule has 0 saturated carbocycles. The number of ether oxygens (including phenoxy) is 1. The maximum atomic E-state index is 10.3. The Morgan fingerprint density at radius 3 is 2.78 bits per heavy atom. The first-order valence-corrected chi connectivity index (χ1v) is 3.10. The molecule has 0 aromatic rings. The molecule has 0 saturated heterocycles. The molecular weight excluding hydrogens is 142 g/mol. The number of esters is 1. The highest BCUT2D eigenvalue weighted by Crippen LogP contribution is 1.92. The monoisotopic (exact) mass is 151 g/mol. The molecule has 0 bridgehead atoms.